The summed E-state index contributed by atoms with van der Waals surface area (Å²) < 4.78 is 10.4. The Morgan fingerprint density at radius 1 is 1.04 bits per heavy atom. The largest absolute Gasteiger partial charge is 0.480 e. The lowest BCUT2D eigenvalue weighted by Crippen LogP contribution is -2.32. The van der Waals surface area contributed by atoms with Gasteiger partial charge in [0.25, 0.3) is 0 Å². The van der Waals surface area contributed by atoms with Crippen LogP contribution in [0.15, 0.2) is 48.5 Å². The summed E-state index contributed by atoms with van der Waals surface area (Å²) in [5.41, 5.74) is 4.68. The molecule has 6 heteroatoms. The lowest BCUT2D eigenvalue weighted by molar-refractivity contribution is -0.142. The zero-order valence-electron chi connectivity index (χ0n) is 14.6. The van der Waals surface area contributed by atoms with Crippen LogP contribution >= 0.6 is 0 Å². The van der Waals surface area contributed by atoms with Crippen molar-refractivity contribution in [3.63, 3.8) is 0 Å². The van der Waals surface area contributed by atoms with E-state index in [1.807, 2.05) is 24.3 Å². The number of carboxylic acids is 1. The molecule has 0 bridgehead atoms. The Labute approximate surface area is 152 Å². The predicted molar refractivity (Wildman–Crippen MR) is 96.2 cm³/mol. The molecule has 0 radical (unpaired) electrons. The Morgan fingerprint density at radius 3 is 2.19 bits per heavy atom. The normalized spacial score (nSPS) is 12.3. The molecule has 1 N–H and O–H groups in total. The van der Waals surface area contributed by atoms with Crippen molar-refractivity contribution in [1.29, 1.82) is 0 Å². The third kappa shape index (κ3) is 3.86. The van der Waals surface area contributed by atoms with Crippen LogP contribution in [0, 0.1) is 0 Å². The van der Waals surface area contributed by atoms with E-state index in [2.05, 4.69) is 24.3 Å². The Balaban J connectivity index is 1.59. The summed E-state index contributed by atoms with van der Waals surface area (Å²) in [7, 11) is 1.60. The summed E-state index contributed by atoms with van der Waals surface area (Å²) in [6.45, 7) is 0.294. The van der Waals surface area contributed by atoms with Crippen LogP contribution in [-0.4, -0.2) is 55.5 Å². The van der Waals surface area contributed by atoms with Gasteiger partial charge in [0.15, 0.2) is 0 Å². The Morgan fingerprint density at radius 2 is 1.62 bits per heavy atom. The van der Waals surface area contributed by atoms with Crippen LogP contribution in [0.3, 0.4) is 0 Å². The molecule has 1 aliphatic carbocycles. The van der Waals surface area contributed by atoms with Gasteiger partial charge in [0.2, 0.25) is 0 Å². The van der Waals surface area contributed by atoms with Crippen LogP contribution in [0.25, 0.3) is 11.1 Å². The minimum absolute atomic E-state index is 0.0167. The van der Waals surface area contributed by atoms with Gasteiger partial charge in [-0.15, -0.1) is 0 Å². The first-order chi connectivity index (χ1) is 12.6. The molecule has 0 saturated heterocycles. The third-order valence-corrected chi connectivity index (χ3v) is 4.44. The zero-order chi connectivity index (χ0) is 18.5. The van der Waals surface area contributed by atoms with E-state index in [9.17, 15) is 9.59 Å². The highest BCUT2D eigenvalue weighted by Crippen LogP contribution is 2.44. The number of nitrogens with zero attached hydrogens (tertiary/aromatic N) is 1. The van der Waals surface area contributed by atoms with Crippen molar-refractivity contribution in [3.8, 4) is 11.1 Å². The highest BCUT2D eigenvalue weighted by Gasteiger charge is 2.29. The maximum absolute atomic E-state index is 12.2. The number of hydrogen-bond donors (Lipinski definition) is 1. The van der Waals surface area contributed by atoms with Crippen LogP contribution in [0.4, 0.5) is 4.79 Å². The molecule has 6 nitrogen and oxygen atoms in total. The number of benzene rings is 2. The lowest BCUT2D eigenvalue weighted by atomic mass is 9.98. The summed E-state index contributed by atoms with van der Waals surface area (Å²) in [4.78, 5) is 24.0. The molecule has 0 aromatic heterocycles. The average molecular weight is 355 g/mol. The van der Waals surface area contributed by atoms with Crippen molar-refractivity contribution in [2.24, 2.45) is 0 Å². The van der Waals surface area contributed by atoms with Gasteiger partial charge in [-0.05, 0) is 22.3 Å². The molecular weight excluding hydrogens is 334 g/mol. The van der Waals surface area contributed by atoms with Gasteiger partial charge in [0.1, 0.15) is 13.2 Å². The summed E-state index contributed by atoms with van der Waals surface area (Å²) >= 11 is 0. The van der Waals surface area contributed by atoms with Gasteiger partial charge in [-0.2, -0.15) is 0 Å². The van der Waals surface area contributed by atoms with Gasteiger partial charge in [-0.25, -0.2) is 9.59 Å². The number of carbonyl (C=O) groups is 2. The molecule has 0 aliphatic heterocycles. The maximum Gasteiger partial charge on any atom is 0.409 e. The number of rotatable bonds is 7. The molecule has 26 heavy (non-hydrogen) atoms. The second-order valence-corrected chi connectivity index (χ2v) is 6.17. The Kier molecular flexibility index (Phi) is 5.53. The van der Waals surface area contributed by atoms with Crippen LogP contribution in [0.1, 0.15) is 17.0 Å². The van der Waals surface area contributed by atoms with Crippen LogP contribution in [-0.2, 0) is 14.3 Å². The van der Waals surface area contributed by atoms with E-state index < -0.39 is 12.1 Å². The van der Waals surface area contributed by atoms with E-state index in [0.717, 1.165) is 11.1 Å². The topological polar surface area (TPSA) is 76.1 Å². The first-order valence-electron chi connectivity index (χ1n) is 8.43. The highest BCUT2D eigenvalue weighted by atomic mass is 16.6. The monoisotopic (exact) mass is 355 g/mol. The minimum atomic E-state index is -1.03. The van der Waals surface area contributed by atoms with Crippen molar-refractivity contribution in [1.82, 2.24) is 4.90 Å². The van der Waals surface area contributed by atoms with Gasteiger partial charge < -0.3 is 19.5 Å². The SMILES string of the molecule is CN(CCOCC(=O)O)C(=O)OCC1c2ccccc2-c2ccccc21. The van der Waals surface area contributed by atoms with Gasteiger partial charge in [-0.3, -0.25) is 0 Å². The van der Waals surface area contributed by atoms with Crippen LogP contribution < -0.4 is 0 Å². The van der Waals surface area contributed by atoms with E-state index >= 15 is 0 Å². The minimum Gasteiger partial charge on any atom is -0.480 e. The van der Waals surface area contributed by atoms with Gasteiger partial charge in [0, 0.05) is 19.5 Å². The number of ether oxygens (including phenoxy) is 2. The maximum atomic E-state index is 12.2. The molecule has 0 unspecified atom stereocenters. The van der Waals surface area contributed by atoms with Crippen LogP contribution in [0.5, 0.6) is 0 Å². The molecule has 1 aliphatic rings. The second kappa shape index (κ2) is 8.01. The molecule has 0 atom stereocenters. The van der Waals surface area contributed by atoms with Crippen molar-refractivity contribution in [2.45, 2.75) is 5.92 Å². The predicted octanol–water partition coefficient (Wildman–Crippen LogP) is 2.97. The molecule has 0 spiro atoms. The number of likely N-dealkylation sites (N-methyl/N-ethyl adjacent to an activating group) is 1. The van der Waals surface area contributed by atoms with Crippen molar-refractivity contribution >= 4 is 12.1 Å². The highest BCUT2D eigenvalue weighted by molar-refractivity contribution is 5.79. The molecule has 2 aromatic rings. The van der Waals surface area contributed by atoms with Crippen molar-refractivity contribution in [2.75, 3.05) is 33.4 Å². The quantitative estimate of drug-likeness (QED) is 0.773. The van der Waals surface area contributed by atoms with E-state index in [0.29, 0.717) is 0 Å². The van der Waals surface area contributed by atoms with E-state index in [1.54, 1.807) is 7.05 Å². The van der Waals surface area contributed by atoms with E-state index in [1.165, 1.54) is 16.0 Å². The number of amides is 1. The third-order valence-electron chi connectivity index (χ3n) is 4.44. The van der Waals surface area contributed by atoms with Gasteiger partial charge in [0.05, 0.1) is 6.61 Å². The fraction of sp³-hybridized carbons (Fsp3) is 0.300. The molecule has 0 saturated carbocycles. The number of carbonyl (C=O) groups excluding carboxylic acids is 1. The van der Waals surface area contributed by atoms with Gasteiger partial charge in [-0.1, -0.05) is 48.5 Å². The number of carboxylic acid groups (broad SMARTS) is 1. The molecule has 2 aromatic carbocycles. The summed E-state index contributed by atoms with van der Waals surface area (Å²) in [5, 5.41) is 8.52. The first kappa shape index (κ1) is 17.9. The number of aliphatic carboxylic acids is 1. The fourth-order valence-corrected chi connectivity index (χ4v) is 3.16. The van der Waals surface area contributed by atoms with Crippen molar-refractivity contribution in [3.05, 3.63) is 59.7 Å². The Hall–Kier alpha value is -2.86. The van der Waals surface area contributed by atoms with E-state index in [-0.39, 0.29) is 32.3 Å². The van der Waals surface area contributed by atoms with Crippen molar-refractivity contribution < 1.29 is 24.2 Å². The van der Waals surface area contributed by atoms with Gasteiger partial charge >= 0.3 is 12.1 Å². The summed E-state index contributed by atoms with van der Waals surface area (Å²) in [6, 6.07) is 16.3. The molecule has 0 fully saturated rings. The number of fused-ring (bicyclic) bond motifs is 3. The Bertz CT molecular complexity index is 759. The van der Waals surface area contributed by atoms with E-state index in [4.69, 9.17) is 14.6 Å². The first-order valence-corrected chi connectivity index (χ1v) is 8.43. The molecular formula is C20H21NO5. The van der Waals surface area contributed by atoms with Crippen LogP contribution in [0.2, 0.25) is 0 Å². The standard InChI is InChI=1S/C20H21NO5/c1-21(10-11-25-13-19(22)23)20(24)26-12-18-16-8-4-2-6-14(16)15-7-3-5-9-17(15)18/h2-9,18H,10-13H2,1H3,(H,22,23). The molecule has 1 amide bonds. The summed E-state index contributed by atoms with van der Waals surface area (Å²) in [5.74, 6) is -1.02. The molecule has 0 heterocycles. The second-order valence-electron chi connectivity index (χ2n) is 6.17. The number of hydrogen-bond acceptors (Lipinski definition) is 4. The smallest absolute Gasteiger partial charge is 0.409 e. The molecule has 136 valence electrons. The lowest BCUT2D eigenvalue weighted by Gasteiger charge is -2.19. The zero-order valence-corrected chi connectivity index (χ0v) is 14.6. The average Bonchev–Trinajstić information content (AvgIpc) is 2.97. The summed E-state index contributed by atoms with van der Waals surface area (Å²) in [6.07, 6.45) is -0.453. The molecule has 3 rings (SSSR count). The fourth-order valence-electron chi connectivity index (χ4n) is 3.16.